The largest absolute Gasteiger partial charge is 0.507 e. The maximum Gasteiger partial charge on any atom is 0.238 e. The molecule has 1 amide bonds. The van der Waals surface area contributed by atoms with E-state index in [1.807, 2.05) is 20.8 Å². The molecule has 0 saturated heterocycles. The average molecular weight is 586 g/mol. The van der Waals surface area contributed by atoms with Gasteiger partial charge in [-0.15, -0.1) is 0 Å². The number of ketones is 3. The Bertz CT molecular complexity index is 1450. The SMILES string of the molecule is CN(C)c1cc(NC(=O)CNC(C)(C)C)c(O)c2c1C[C@H]1C[C@H]3[C@H](N(C)C)C(=O)/C(=C(\N)O)C(=O)[C@@]3(O)C(=O)C1=C2O. The minimum absolute atomic E-state index is 0.00566. The van der Waals surface area contributed by atoms with E-state index in [4.69, 9.17) is 5.73 Å². The molecular formula is C29H39N5O8. The Morgan fingerprint density at radius 3 is 2.26 bits per heavy atom. The lowest BCUT2D eigenvalue weighted by molar-refractivity contribution is -0.165. The average Bonchev–Trinajstić information content (AvgIpc) is 2.85. The summed E-state index contributed by atoms with van der Waals surface area (Å²) in [5.74, 6) is -7.89. The van der Waals surface area contributed by atoms with Gasteiger partial charge < -0.3 is 41.7 Å². The highest BCUT2D eigenvalue weighted by molar-refractivity contribution is 6.35. The van der Waals surface area contributed by atoms with Gasteiger partial charge in [-0.2, -0.15) is 0 Å². The third-order valence-electron chi connectivity index (χ3n) is 8.22. The van der Waals surface area contributed by atoms with Crippen LogP contribution in [0.3, 0.4) is 0 Å². The van der Waals surface area contributed by atoms with Crippen LogP contribution < -0.4 is 21.3 Å². The van der Waals surface area contributed by atoms with Gasteiger partial charge in [0.1, 0.15) is 17.1 Å². The van der Waals surface area contributed by atoms with Crippen LogP contribution in [0.2, 0.25) is 0 Å². The van der Waals surface area contributed by atoms with Crippen molar-refractivity contribution in [3.63, 3.8) is 0 Å². The molecule has 0 radical (unpaired) electrons. The van der Waals surface area contributed by atoms with Gasteiger partial charge in [-0.25, -0.2) is 0 Å². The van der Waals surface area contributed by atoms with E-state index in [1.54, 1.807) is 39.2 Å². The Morgan fingerprint density at radius 1 is 1.12 bits per heavy atom. The summed E-state index contributed by atoms with van der Waals surface area (Å²) < 4.78 is 0. The Hall–Kier alpha value is -3.94. The van der Waals surface area contributed by atoms with E-state index in [9.17, 15) is 39.6 Å². The van der Waals surface area contributed by atoms with Crippen molar-refractivity contribution in [3.8, 4) is 5.75 Å². The van der Waals surface area contributed by atoms with E-state index >= 15 is 0 Å². The predicted molar refractivity (Wildman–Crippen MR) is 155 cm³/mol. The van der Waals surface area contributed by atoms with Gasteiger partial charge >= 0.3 is 0 Å². The normalized spacial score (nSPS) is 27.0. The molecule has 42 heavy (non-hydrogen) atoms. The first-order valence-corrected chi connectivity index (χ1v) is 13.6. The van der Waals surface area contributed by atoms with Crippen LogP contribution in [0.4, 0.5) is 11.4 Å². The summed E-state index contributed by atoms with van der Waals surface area (Å²) in [4.78, 5) is 56.6. The van der Waals surface area contributed by atoms with Crippen molar-refractivity contribution < 1.29 is 39.6 Å². The van der Waals surface area contributed by atoms with Gasteiger partial charge in [0.2, 0.25) is 17.5 Å². The molecule has 4 atom stereocenters. The zero-order valence-corrected chi connectivity index (χ0v) is 24.8. The number of aliphatic hydroxyl groups is 3. The zero-order valence-electron chi connectivity index (χ0n) is 24.8. The third kappa shape index (κ3) is 4.80. The van der Waals surface area contributed by atoms with Crippen molar-refractivity contribution in [1.29, 1.82) is 0 Å². The molecule has 1 aromatic carbocycles. The first-order valence-electron chi connectivity index (χ1n) is 13.6. The minimum Gasteiger partial charge on any atom is -0.507 e. The van der Waals surface area contributed by atoms with Gasteiger partial charge in [0.05, 0.1) is 23.8 Å². The summed E-state index contributed by atoms with van der Waals surface area (Å²) in [6.45, 7) is 5.62. The fourth-order valence-corrected chi connectivity index (χ4v) is 6.31. The summed E-state index contributed by atoms with van der Waals surface area (Å²) in [6, 6.07) is 0.406. The quantitative estimate of drug-likeness (QED) is 0.0822. The number of benzene rings is 1. The highest BCUT2D eigenvalue weighted by atomic mass is 16.3. The molecule has 13 nitrogen and oxygen atoms in total. The summed E-state index contributed by atoms with van der Waals surface area (Å²) in [5.41, 5.74) is 2.07. The number of carbonyl (C=O) groups is 4. The summed E-state index contributed by atoms with van der Waals surface area (Å²) in [5, 5.41) is 50.2. The molecule has 0 aliphatic heterocycles. The number of fused-ring (bicyclic) bond motifs is 3. The molecule has 3 aliphatic carbocycles. The topological polar surface area (TPSA) is 206 Å². The number of nitrogens with zero attached hydrogens (tertiary/aromatic N) is 2. The molecule has 1 aromatic rings. The second-order valence-corrected chi connectivity index (χ2v) is 12.7. The van der Waals surface area contributed by atoms with Crippen molar-refractivity contribution in [2.24, 2.45) is 17.6 Å². The Labute approximate surface area is 243 Å². The molecular weight excluding hydrogens is 546 g/mol. The monoisotopic (exact) mass is 585 g/mol. The van der Waals surface area contributed by atoms with Gasteiger partial charge in [0, 0.05) is 36.8 Å². The number of nitrogens with one attached hydrogen (secondary N) is 2. The third-order valence-corrected chi connectivity index (χ3v) is 8.22. The number of rotatable bonds is 5. The lowest BCUT2D eigenvalue weighted by atomic mass is 9.56. The fourth-order valence-electron chi connectivity index (χ4n) is 6.31. The molecule has 0 aromatic heterocycles. The van der Waals surface area contributed by atoms with Gasteiger partial charge in [-0.3, -0.25) is 24.1 Å². The van der Waals surface area contributed by atoms with Crippen LogP contribution in [0.25, 0.3) is 5.76 Å². The maximum absolute atomic E-state index is 14.0. The lowest BCUT2D eigenvalue weighted by Crippen LogP contribution is -2.69. The van der Waals surface area contributed by atoms with E-state index in [0.717, 1.165) is 0 Å². The Morgan fingerprint density at radius 2 is 1.74 bits per heavy atom. The molecule has 3 aliphatic rings. The van der Waals surface area contributed by atoms with Crippen LogP contribution in [0.1, 0.15) is 38.3 Å². The summed E-state index contributed by atoms with van der Waals surface area (Å²) in [6.07, 6.45) is 0.0892. The van der Waals surface area contributed by atoms with Crippen LogP contribution in [0, 0.1) is 11.8 Å². The van der Waals surface area contributed by atoms with E-state index in [-0.39, 0.29) is 41.7 Å². The number of amides is 1. The number of anilines is 2. The van der Waals surface area contributed by atoms with E-state index in [2.05, 4.69) is 10.6 Å². The lowest BCUT2D eigenvalue weighted by Gasteiger charge is -2.50. The van der Waals surface area contributed by atoms with Crippen molar-refractivity contribution in [2.75, 3.05) is 45.0 Å². The number of hydrogen-bond donors (Lipinski definition) is 7. The van der Waals surface area contributed by atoms with Gasteiger partial charge in [-0.1, -0.05) is 0 Å². The molecule has 0 heterocycles. The van der Waals surface area contributed by atoms with E-state index in [1.165, 1.54) is 4.90 Å². The van der Waals surface area contributed by atoms with Crippen molar-refractivity contribution in [3.05, 3.63) is 34.2 Å². The first kappa shape index (κ1) is 31.0. The molecule has 8 N–H and O–H groups in total. The molecule has 0 spiro atoms. The number of aliphatic hydroxyl groups excluding tert-OH is 2. The van der Waals surface area contributed by atoms with Crippen molar-refractivity contribution >= 4 is 40.4 Å². The number of likely N-dealkylation sites (N-methyl/N-ethyl adjacent to an activating group) is 1. The second kappa shape index (κ2) is 10.4. The standard InChI is InChI=1S/C29H39N5O8/c1-28(2,3)31-11-17(35)32-15-10-16(33(4)5)13-8-12-9-14-21(34(6)7)24(38)20(27(30)41)26(40)29(14,42)25(39)18(12)23(37)19(13)22(15)36/h10,12,14,21,31,36-37,41-42H,8-9,11,30H2,1-7H3,(H,32,35)/b27-20-/t12-,14-,21-,29-/m0/s1. The molecule has 0 bridgehead atoms. The van der Waals surface area contributed by atoms with Crippen LogP contribution in [-0.2, 0) is 25.6 Å². The highest BCUT2D eigenvalue weighted by Gasteiger charge is 2.66. The number of phenols is 1. The number of carbonyl (C=O) groups excluding carboxylic acids is 4. The predicted octanol–water partition coefficient (Wildman–Crippen LogP) is 0.357. The van der Waals surface area contributed by atoms with Crippen molar-refractivity contribution in [2.45, 2.75) is 50.8 Å². The highest BCUT2D eigenvalue weighted by Crippen LogP contribution is 2.53. The number of nitrogens with two attached hydrogens (primary N) is 1. The van der Waals surface area contributed by atoms with Crippen LogP contribution >= 0.6 is 0 Å². The van der Waals surface area contributed by atoms with Crippen molar-refractivity contribution in [1.82, 2.24) is 10.2 Å². The molecule has 228 valence electrons. The number of aromatic hydroxyl groups is 1. The summed E-state index contributed by atoms with van der Waals surface area (Å²) >= 11 is 0. The Balaban J connectivity index is 1.88. The smallest absolute Gasteiger partial charge is 0.238 e. The number of Topliss-reactive ketones (excluding diaryl/α,β-unsaturated/α-hetero) is 3. The Kier molecular flexibility index (Phi) is 7.68. The zero-order chi connectivity index (χ0) is 31.6. The molecule has 13 heteroatoms. The fraction of sp³-hybridized carbons (Fsp3) is 0.517. The molecule has 0 unspecified atom stereocenters. The molecule has 2 fully saturated rings. The number of hydrogen-bond acceptors (Lipinski definition) is 12. The second-order valence-electron chi connectivity index (χ2n) is 12.7. The summed E-state index contributed by atoms with van der Waals surface area (Å²) in [7, 11) is 6.58. The van der Waals surface area contributed by atoms with Gasteiger partial charge in [0.25, 0.3) is 0 Å². The van der Waals surface area contributed by atoms with Crippen LogP contribution in [0.5, 0.6) is 5.75 Å². The van der Waals surface area contributed by atoms with E-state index in [0.29, 0.717) is 11.3 Å². The molecule has 4 rings (SSSR count). The van der Waals surface area contributed by atoms with E-state index < -0.39 is 69.7 Å². The van der Waals surface area contributed by atoms with Crippen LogP contribution in [0.15, 0.2) is 23.1 Å². The maximum atomic E-state index is 14.0. The number of phenolic OH excluding ortho intramolecular Hbond substituents is 1. The first-order chi connectivity index (χ1) is 19.3. The van der Waals surface area contributed by atoms with Gasteiger partial charge in [0.15, 0.2) is 17.3 Å². The van der Waals surface area contributed by atoms with Crippen LogP contribution in [-0.4, -0.2) is 101 Å². The van der Waals surface area contributed by atoms with Gasteiger partial charge in [-0.05, 0) is 65.3 Å². The molecule has 2 saturated carbocycles. The minimum atomic E-state index is -2.80.